The number of carbonyl (C=O) groups excluding carboxylic acids is 2. The van der Waals surface area contributed by atoms with Crippen LogP contribution in [0.3, 0.4) is 0 Å². The molecule has 2 rings (SSSR count). The minimum Gasteiger partial charge on any atom is -0.497 e. The van der Waals surface area contributed by atoms with Gasteiger partial charge in [-0.05, 0) is 37.1 Å². The van der Waals surface area contributed by atoms with Crippen molar-refractivity contribution in [2.24, 2.45) is 0 Å². The van der Waals surface area contributed by atoms with Gasteiger partial charge in [0.25, 0.3) is 5.91 Å². The van der Waals surface area contributed by atoms with Gasteiger partial charge in [0.2, 0.25) is 0 Å². The Balaban J connectivity index is 2.37. The van der Waals surface area contributed by atoms with Crippen molar-refractivity contribution < 1.29 is 14.3 Å². The van der Waals surface area contributed by atoms with Crippen molar-refractivity contribution in [1.29, 1.82) is 0 Å². The van der Waals surface area contributed by atoms with Gasteiger partial charge in [-0.25, -0.2) is 4.68 Å². The van der Waals surface area contributed by atoms with Crippen LogP contribution in [0, 0.1) is 0 Å². The maximum absolute atomic E-state index is 12.7. The first-order valence-corrected chi connectivity index (χ1v) is 7.91. The molecule has 122 valence electrons. The van der Waals surface area contributed by atoms with Gasteiger partial charge in [0.1, 0.15) is 5.75 Å². The predicted molar refractivity (Wildman–Crippen MR) is 88.2 cm³/mol. The molecule has 1 heterocycles. The molecule has 0 fully saturated rings. The summed E-state index contributed by atoms with van der Waals surface area (Å²) in [4.78, 5) is 24.9. The maximum Gasteiger partial charge on any atom is 0.278 e. The molecule has 0 atom stereocenters. The maximum atomic E-state index is 12.7. The number of aromatic nitrogens is 2. The van der Waals surface area contributed by atoms with E-state index in [-0.39, 0.29) is 11.7 Å². The summed E-state index contributed by atoms with van der Waals surface area (Å²) < 4.78 is 6.46. The van der Waals surface area contributed by atoms with E-state index in [1.165, 1.54) is 10.9 Å². The topological polar surface area (TPSA) is 61.2 Å². The van der Waals surface area contributed by atoms with Gasteiger partial charge in [-0.1, -0.05) is 20.3 Å². The normalized spacial score (nSPS) is 10.6. The SMILES string of the molecule is CCCC(=O)c1cnn(C(=O)c2ccc(OC)cc2)c1CCC. The van der Waals surface area contributed by atoms with Crippen molar-refractivity contribution in [2.75, 3.05) is 7.11 Å². The first kappa shape index (κ1) is 16.9. The van der Waals surface area contributed by atoms with E-state index in [0.717, 1.165) is 12.8 Å². The molecule has 1 aromatic heterocycles. The highest BCUT2D eigenvalue weighted by Crippen LogP contribution is 2.18. The lowest BCUT2D eigenvalue weighted by Gasteiger charge is -2.08. The van der Waals surface area contributed by atoms with E-state index in [4.69, 9.17) is 4.74 Å². The van der Waals surface area contributed by atoms with Crippen LogP contribution in [-0.2, 0) is 6.42 Å². The molecule has 0 spiro atoms. The van der Waals surface area contributed by atoms with Crippen molar-refractivity contribution in [3.05, 3.63) is 47.3 Å². The number of benzene rings is 1. The first-order valence-electron chi connectivity index (χ1n) is 7.91. The van der Waals surface area contributed by atoms with Gasteiger partial charge in [0, 0.05) is 12.0 Å². The highest BCUT2D eigenvalue weighted by Gasteiger charge is 2.20. The molecule has 0 unspecified atom stereocenters. The number of carbonyl (C=O) groups is 2. The third-order valence-electron chi connectivity index (χ3n) is 3.66. The van der Waals surface area contributed by atoms with E-state index < -0.39 is 0 Å². The fraction of sp³-hybridized carbons (Fsp3) is 0.389. The molecular formula is C18H22N2O3. The fourth-order valence-corrected chi connectivity index (χ4v) is 2.48. The second-order valence-electron chi connectivity index (χ2n) is 5.37. The lowest BCUT2D eigenvalue weighted by molar-refractivity contribution is 0.0941. The number of ether oxygens (including phenoxy) is 1. The van der Waals surface area contributed by atoms with Crippen LogP contribution in [-0.4, -0.2) is 28.6 Å². The first-order chi connectivity index (χ1) is 11.1. The zero-order valence-electron chi connectivity index (χ0n) is 13.8. The van der Waals surface area contributed by atoms with Crippen LogP contribution in [0.4, 0.5) is 0 Å². The lowest BCUT2D eigenvalue weighted by atomic mass is 10.0. The van der Waals surface area contributed by atoms with Crippen molar-refractivity contribution in [1.82, 2.24) is 9.78 Å². The number of Topliss-reactive ketones (excluding diaryl/α,β-unsaturated/α-hetero) is 1. The smallest absolute Gasteiger partial charge is 0.278 e. The standard InChI is InChI=1S/C18H22N2O3/c1-4-6-16-15(17(21)7-5-2)12-19-20(16)18(22)13-8-10-14(23-3)11-9-13/h8-12H,4-7H2,1-3H3. The van der Waals surface area contributed by atoms with Crippen LogP contribution in [0.5, 0.6) is 5.75 Å². The number of ketones is 1. The van der Waals surface area contributed by atoms with Gasteiger partial charge in [0.05, 0.1) is 24.6 Å². The highest BCUT2D eigenvalue weighted by atomic mass is 16.5. The molecule has 0 amide bonds. The average Bonchev–Trinajstić information content (AvgIpc) is 2.98. The van der Waals surface area contributed by atoms with E-state index in [9.17, 15) is 9.59 Å². The van der Waals surface area contributed by atoms with Crippen molar-refractivity contribution in [2.45, 2.75) is 39.5 Å². The van der Waals surface area contributed by atoms with Crippen molar-refractivity contribution in [3.8, 4) is 5.75 Å². The van der Waals surface area contributed by atoms with Crippen LogP contribution >= 0.6 is 0 Å². The van der Waals surface area contributed by atoms with Crippen LogP contribution < -0.4 is 4.74 Å². The molecule has 5 heteroatoms. The Morgan fingerprint density at radius 1 is 1.13 bits per heavy atom. The number of methoxy groups -OCH3 is 1. The molecule has 0 aliphatic rings. The molecule has 2 aromatic rings. The molecule has 23 heavy (non-hydrogen) atoms. The molecule has 0 saturated carbocycles. The van der Waals surface area contributed by atoms with E-state index >= 15 is 0 Å². The Kier molecular flexibility index (Phi) is 5.68. The summed E-state index contributed by atoms with van der Waals surface area (Å²) >= 11 is 0. The third kappa shape index (κ3) is 3.67. The number of rotatable bonds is 7. The molecule has 0 saturated heterocycles. The van der Waals surface area contributed by atoms with Gasteiger partial charge in [-0.2, -0.15) is 5.10 Å². The van der Waals surface area contributed by atoms with E-state index in [1.807, 2.05) is 13.8 Å². The summed E-state index contributed by atoms with van der Waals surface area (Å²) in [5.74, 6) is 0.506. The molecule has 5 nitrogen and oxygen atoms in total. The number of hydrogen-bond acceptors (Lipinski definition) is 4. The minimum absolute atomic E-state index is 0.0460. The van der Waals surface area contributed by atoms with E-state index in [2.05, 4.69) is 5.10 Å². The van der Waals surface area contributed by atoms with Crippen LogP contribution in [0.15, 0.2) is 30.5 Å². The van der Waals surface area contributed by atoms with Gasteiger partial charge < -0.3 is 4.74 Å². The Morgan fingerprint density at radius 2 is 1.83 bits per heavy atom. The molecule has 1 aromatic carbocycles. The second kappa shape index (κ2) is 7.72. The minimum atomic E-state index is -0.230. The number of hydrogen-bond donors (Lipinski definition) is 0. The molecule has 0 N–H and O–H groups in total. The van der Waals surface area contributed by atoms with Crippen LogP contribution in [0.2, 0.25) is 0 Å². The third-order valence-corrected chi connectivity index (χ3v) is 3.66. The van der Waals surface area contributed by atoms with Crippen LogP contribution in [0.1, 0.15) is 59.5 Å². The number of nitrogens with zero attached hydrogens (tertiary/aromatic N) is 2. The molecular weight excluding hydrogens is 292 g/mol. The summed E-state index contributed by atoms with van der Waals surface area (Å²) in [6.07, 6.45) is 4.26. The molecule has 0 bridgehead atoms. The summed E-state index contributed by atoms with van der Waals surface area (Å²) in [7, 11) is 1.58. The van der Waals surface area contributed by atoms with Gasteiger partial charge in [0.15, 0.2) is 5.78 Å². The zero-order valence-corrected chi connectivity index (χ0v) is 13.8. The Hall–Kier alpha value is -2.43. The zero-order chi connectivity index (χ0) is 16.8. The second-order valence-corrected chi connectivity index (χ2v) is 5.37. The predicted octanol–water partition coefficient (Wildman–Crippen LogP) is 3.52. The summed E-state index contributed by atoms with van der Waals surface area (Å²) in [5.41, 5.74) is 1.78. The van der Waals surface area contributed by atoms with E-state index in [1.54, 1.807) is 31.4 Å². The summed E-state index contributed by atoms with van der Waals surface area (Å²) in [5, 5.41) is 4.17. The monoisotopic (exact) mass is 314 g/mol. The molecule has 0 aliphatic heterocycles. The van der Waals surface area contributed by atoms with E-state index in [0.29, 0.717) is 35.4 Å². The van der Waals surface area contributed by atoms with Crippen molar-refractivity contribution >= 4 is 11.7 Å². The summed E-state index contributed by atoms with van der Waals surface area (Å²) in [6.45, 7) is 3.98. The molecule has 0 radical (unpaired) electrons. The summed E-state index contributed by atoms with van der Waals surface area (Å²) in [6, 6.07) is 6.87. The average molecular weight is 314 g/mol. The van der Waals surface area contributed by atoms with Gasteiger partial charge in [-0.3, -0.25) is 9.59 Å². The van der Waals surface area contributed by atoms with Crippen LogP contribution in [0.25, 0.3) is 0 Å². The van der Waals surface area contributed by atoms with Gasteiger partial charge in [-0.15, -0.1) is 0 Å². The largest absolute Gasteiger partial charge is 0.497 e. The van der Waals surface area contributed by atoms with Crippen molar-refractivity contribution in [3.63, 3.8) is 0 Å². The lowest BCUT2D eigenvalue weighted by Crippen LogP contribution is -2.17. The Labute approximate surface area is 136 Å². The Bertz CT molecular complexity index is 687. The quantitative estimate of drug-likeness (QED) is 0.734. The Morgan fingerprint density at radius 3 is 2.39 bits per heavy atom. The van der Waals surface area contributed by atoms with Gasteiger partial charge >= 0.3 is 0 Å². The fourth-order valence-electron chi connectivity index (χ4n) is 2.48. The highest BCUT2D eigenvalue weighted by molar-refractivity contribution is 6.00. The molecule has 0 aliphatic carbocycles.